The molecule has 0 aliphatic rings. The molecule has 0 amide bonds. The van der Waals surface area contributed by atoms with Gasteiger partial charge in [-0.25, -0.2) is 0 Å². The summed E-state index contributed by atoms with van der Waals surface area (Å²) in [5, 5.41) is 4.33. The molecule has 6 heteroatoms. The van der Waals surface area contributed by atoms with Gasteiger partial charge in [0.25, 0.3) is 5.56 Å². The van der Waals surface area contributed by atoms with E-state index in [1.54, 1.807) is 30.1 Å². The number of hydrogen-bond acceptors (Lipinski definition) is 3. The Kier molecular flexibility index (Phi) is 4.99. The van der Waals surface area contributed by atoms with E-state index >= 15 is 0 Å². The topological polar surface area (TPSA) is 56.9 Å². The van der Waals surface area contributed by atoms with E-state index in [0.29, 0.717) is 17.7 Å². The molecule has 3 rings (SSSR count). The molecule has 0 bridgehead atoms. The van der Waals surface area contributed by atoms with Crippen LogP contribution in [-0.2, 0) is 13.1 Å². The Hall–Kier alpha value is -2.47. The minimum Gasteiger partial charge on any atom is -0.306 e. The molecule has 0 N–H and O–H groups in total. The summed E-state index contributed by atoms with van der Waals surface area (Å²) in [4.78, 5) is 24.8. The van der Waals surface area contributed by atoms with Crippen molar-refractivity contribution in [1.82, 2.24) is 14.3 Å². The lowest BCUT2D eigenvalue weighted by Gasteiger charge is -2.08. The minimum atomic E-state index is -0.161. The van der Waals surface area contributed by atoms with E-state index in [2.05, 4.69) is 21.0 Å². The van der Waals surface area contributed by atoms with Gasteiger partial charge in [0.05, 0.1) is 24.8 Å². The molecule has 0 saturated heterocycles. The molecule has 0 saturated carbocycles. The maximum absolute atomic E-state index is 12.6. The van der Waals surface area contributed by atoms with Gasteiger partial charge in [0, 0.05) is 21.9 Å². The highest BCUT2D eigenvalue weighted by atomic mass is 79.9. The van der Waals surface area contributed by atoms with Gasteiger partial charge < -0.3 is 4.57 Å². The number of halogens is 1. The molecule has 128 valence electrons. The van der Waals surface area contributed by atoms with Crippen LogP contribution >= 0.6 is 15.9 Å². The van der Waals surface area contributed by atoms with E-state index in [9.17, 15) is 9.59 Å². The molecular weight excluding hydrogens is 382 g/mol. The van der Waals surface area contributed by atoms with Gasteiger partial charge in [0.1, 0.15) is 0 Å². The first-order chi connectivity index (χ1) is 12.0. The number of aryl methyl sites for hydroxylation is 1. The summed E-state index contributed by atoms with van der Waals surface area (Å²) in [5.41, 5.74) is 2.89. The zero-order valence-corrected chi connectivity index (χ0v) is 15.7. The molecule has 5 nitrogen and oxygen atoms in total. The summed E-state index contributed by atoms with van der Waals surface area (Å²) < 4.78 is 4.00. The molecule has 0 aliphatic carbocycles. The quantitative estimate of drug-likeness (QED) is 0.618. The second-order valence-corrected chi connectivity index (χ2v) is 6.90. The molecule has 0 unspecified atom stereocenters. The molecule has 25 heavy (non-hydrogen) atoms. The lowest BCUT2D eigenvalue weighted by molar-refractivity contribution is 0.0970. The van der Waals surface area contributed by atoms with E-state index < -0.39 is 0 Å². The molecule has 0 aliphatic heterocycles. The van der Waals surface area contributed by atoms with Crippen LogP contribution in [0, 0.1) is 13.8 Å². The minimum absolute atomic E-state index is 0.00299. The van der Waals surface area contributed by atoms with Crippen molar-refractivity contribution in [1.29, 1.82) is 0 Å². The highest BCUT2D eigenvalue weighted by Crippen LogP contribution is 2.13. The van der Waals surface area contributed by atoms with Crippen LogP contribution in [0.4, 0.5) is 0 Å². The Bertz CT molecular complexity index is 974. The number of Topliss-reactive ketones (excluding diaryl/α,β-unsaturated/α-hetero) is 1. The van der Waals surface area contributed by atoms with Crippen LogP contribution in [0.2, 0.25) is 0 Å². The molecule has 2 heterocycles. The molecule has 3 aromatic rings. The predicted molar refractivity (Wildman–Crippen MR) is 100.0 cm³/mol. The van der Waals surface area contributed by atoms with E-state index in [1.165, 1.54) is 4.57 Å². The maximum Gasteiger partial charge on any atom is 0.253 e. The smallest absolute Gasteiger partial charge is 0.253 e. The number of nitrogens with zero attached hydrogens (tertiary/aromatic N) is 3. The number of hydrogen-bond donors (Lipinski definition) is 0. The van der Waals surface area contributed by atoms with Crippen LogP contribution < -0.4 is 5.56 Å². The van der Waals surface area contributed by atoms with Gasteiger partial charge in [-0.15, -0.1) is 0 Å². The fraction of sp³-hybridized carbons (Fsp3) is 0.211. The van der Waals surface area contributed by atoms with Gasteiger partial charge >= 0.3 is 0 Å². The fourth-order valence-corrected chi connectivity index (χ4v) is 3.32. The zero-order chi connectivity index (χ0) is 18.0. The van der Waals surface area contributed by atoms with E-state index in [4.69, 9.17) is 0 Å². The van der Waals surface area contributed by atoms with Gasteiger partial charge in [-0.05, 0) is 41.4 Å². The second-order valence-electron chi connectivity index (χ2n) is 5.98. The van der Waals surface area contributed by atoms with Gasteiger partial charge in [0.2, 0.25) is 0 Å². The maximum atomic E-state index is 12.6. The third-order valence-corrected chi connectivity index (χ3v) is 4.56. The SMILES string of the molecule is Cc1cc(Br)cn(CC(=O)c2cnn(Cc3ccccc3)c2C)c1=O. The van der Waals surface area contributed by atoms with Crippen molar-refractivity contribution in [2.75, 3.05) is 0 Å². The van der Waals surface area contributed by atoms with Crippen LogP contribution in [0.15, 0.2) is 58.1 Å². The third-order valence-electron chi connectivity index (χ3n) is 4.12. The standard InChI is InChI=1S/C19H18BrN3O2/c1-13-8-16(20)11-22(19(13)25)12-18(24)17-9-21-23(14(17)2)10-15-6-4-3-5-7-15/h3-9,11H,10,12H2,1-2H3. The third kappa shape index (κ3) is 3.79. The summed E-state index contributed by atoms with van der Waals surface area (Å²) in [6, 6.07) is 11.7. The highest BCUT2D eigenvalue weighted by Gasteiger charge is 2.16. The predicted octanol–water partition coefficient (Wildman–Crippen LogP) is 3.36. The first-order valence-corrected chi connectivity index (χ1v) is 8.71. The average Bonchev–Trinajstić information content (AvgIpc) is 2.94. The van der Waals surface area contributed by atoms with Crippen molar-refractivity contribution < 1.29 is 4.79 Å². The monoisotopic (exact) mass is 399 g/mol. The van der Waals surface area contributed by atoms with Gasteiger partial charge in [-0.2, -0.15) is 5.10 Å². The summed E-state index contributed by atoms with van der Waals surface area (Å²) in [5.74, 6) is -0.128. The molecule has 0 fully saturated rings. The van der Waals surface area contributed by atoms with E-state index in [-0.39, 0.29) is 17.9 Å². The molecule has 0 radical (unpaired) electrons. The second kappa shape index (κ2) is 7.19. The lowest BCUT2D eigenvalue weighted by Crippen LogP contribution is -2.25. The van der Waals surface area contributed by atoms with Crippen LogP contribution in [0.25, 0.3) is 0 Å². The first kappa shape index (κ1) is 17.4. The van der Waals surface area contributed by atoms with Crippen molar-refractivity contribution in [2.24, 2.45) is 0 Å². The number of carbonyl (C=O) groups is 1. The zero-order valence-electron chi connectivity index (χ0n) is 14.1. The van der Waals surface area contributed by atoms with Crippen molar-refractivity contribution in [3.8, 4) is 0 Å². The van der Waals surface area contributed by atoms with Crippen LogP contribution in [-0.4, -0.2) is 20.1 Å². The average molecular weight is 400 g/mol. The summed E-state index contributed by atoms with van der Waals surface area (Å²) in [6.45, 7) is 4.21. The summed E-state index contributed by atoms with van der Waals surface area (Å²) in [7, 11) is 0. The van der Waals surface area contributed by atoms with Gasteiger partial charge in [0.15, 0.2) is 5.78 Å². The Balaban J connectivity index is 1.83. The van der Waals surface area contributed by atoms with Crippen molar-refractivity contribution >= 4 is 21.7 Å². The Morgan fingerprint density at radius 3 is 2.64 bits per heavy atom. The Morgan fingerprint density at radius 2 is 1.92 bits per heavy atom. The number of benzene rings is 1. The largest absolute Gasteiger partial charge is 0.306 e. The van der Waals surface area contributed by atoms with Crippen LogP contribution in [0.5, 0.6) is 0 Å². The Labute approximate surface area is 154 Å². The van der Waals surface area contributed by atoms with Crippen LogP contribution in [0.1, 0.15) is 27.2 Å². The number of ketones is 1. The molecular formula is C19H18BrN3O2. The number of aromatic nitrogens is 3. The van der Waals surface area contributed by atoms with E-state index in [1.807, 2.05) is 37.3 Å². The van der Waals surface area contributed by atoms with Gasteiger partial charge in [-0.1, -0.05) is 30.3 Å². The number of carbonyl (C=O) groups excluding carboxylic acids is 1. The molecule has 0 atom stereocenters. The highest BCUT2D eigenvalue weighted by molar-refractivity contribution is 9.10. The van der Waals surface area contributed by atoms with Crippen molar-refractivity contribution in [3.63, 3.8) is 0 Å². The summed E-state index contributed by atoms with van der Waals surface area (Å²) in [6.07, 6.45) is 3.22. The summed E-state index contributed by atoms with van der Waals surface area (Å²) >= 11 is 3.36. The molecule has 0 spiro atoms. The van der Waals surface area contributed by atoms with Crippen molar-refractivity contribution in [3.05, 3.63) is 86.0 Å². The molecule has 2 aromatic heterocycles. The Morgan fingerprint density at radius 1 is 1.20 bits per heavy atom. The van der Waals surface area contributed by atoms with E-state index in [0.717, 1.165) is 15.7 Å². The fourth-order valence-electron chi connectivity index (χ4n) is 2.73. The van der Waals surface area contributed by atoms with Gasteiger partial charge in [-0.3, -0.25) is 14.3 Å². The normalized spacial score (nSPS) is 10.8. The van der Waals surface area contributed by atoms with Crippen LogP contribution in [0.3, 0.4) is 0 Å². The van der Waals surface area contributed by atoms with Crippen molar-refractivity contribution in [2.45, 2.75) is 26.9 Å². The first-order valence-electron chi connectivity index (χ1n) is 7.92. The number of pyridine rings is 1. The number of rotatable bonds is 5. The lowest BCUT2D eigenvalue weighted by atomic mass is 10.1. The molecule has 1 aromatic carbocycles.